The lowest BCUT2D eigenvalue weighted by Crippen LogP contribution is -2.51. The van der Waals surface area contributed by atoms with Gasteiger partial charge in [-0.05, 0) is 65.3 Å². The summed E-state index contributed by atoms with van der Waals surface area (Å²) in [6.07, 6.45) is -0.414. The zero-order chi connectivity index (χ0) is 28.9. The fourth-order valence-corrected chi connectivity index (χ4v) is 6.83. The van der Waals surface area contributed by atoms with Gasteiger partial charge in [-0.2, -0.15) is 0 Å². The Kier molecular flexibility index (Phi) is 7.20. The van der Waals surface area contributed by atoms with Crippen LogP contribution < -0.4 is 10.2 Å². The van der Waals surface area contributed by atoms with E-state index in [1.807, 2.05) is 76.8 Å². The molecule has 1 N–H and O–H groups in total. The van der Waals surface area contributed by atoms with Crippen LogP contribution in [0.25, 0.3) is 10.9 Å². The Morgan fingerprint density at radius 2 is 1.93 bits per heavy atom. The number of ether oxygens (including phenoxy) is 2. The van der Waals surface area contributed by atoms with Crippen molar-refractivity contribution in [1.29, 1.82) is 0 Å². The predicted molar refractivity (Wildman–Crippen MR) is 156 cm³/mol. The molecule has 214 valence electrons. The van der Waals surface area contributed by atoms with E-state index in [1.54, 1.807) is 17.0 Å². The summed E-state index contributed by atoms with van der Waals surface area (Å²) in [5.41, 5.74) is 2.10. The molecular weight excluding hydrogens is 528 g/mol. The molecule has 2 aromatic carbocycles. The van der Waals surface area contributed by atoms with E-state index < -0.39 is 27.3 Å². The quantitative estimate of drug-likeness (QED) is 0.464. The highest BCUT2D eigenvalue weighted by Crippen LogP contribution is 2.33. The molecule has 2 aliphatic rings. The predicted octanol–water partition coefficient (Wildman–Crippen LogP) is 5.12. The summed E-state index contributed by atoms with van der Waals surface area (Å²) in [5, 5.41) is 4.51. The summed E-state index contributed by atoms with van der Waals surface area (Å²) in [5.74, 6) is 0.706. The minimum Gasteiger partial charge on any atom is -0.444 e. The summed E-state index contributed by atoms with van der Waals surface area (Å²) in [7, 11) is -3.39. The molecule has 0 unspecified atom stereocenters. The third kappa shape index (κ3) is 5.74. The second kappa shape index (κ2) is 10.2. The summed E-state index contributed by atoms with van der Waals surface area (Å²) < 4.78 is 37.6. The van der Waals surface area contributed by atoms with E-state index in [9.17, 15) is 13.2 Å². The maximum Gasteiger partial charge on any atom is 0.412 e. The molecule has 1 atom stereocenters. The number of hydrogen-bond donors (Lipinski definition) is 1. The Balaban J connectivity index is 1.46. The van der Waals surface area contributed by atoms with Gasteiger partial charge < -0.3 is 19.7 Å². The minimum absolute atomic E-state index is 0.0136. The molecule has 1 saturated heterocycles. The van der Waals surface area contributed by atoms with Gasteiger partial charge in [0, 0.05) is 36.8 Å². The average Bonchev–Trinajstić information content (AvgIpc) is 3.10. The van der Waals surface area contributed by atoms with Crippen LogP contribution in [0.4, 0.5) is 16.3 Å². The fraction of sp³-hybridized carbons (Fsp3) is 0.467. The van der Waals surface area contributed by atoms with E-state index in [-0.39, 0.29) is 11.8 Å². The smallest absolute Gasteiger partial charge is 0.412 e. The maximum atomic E-state index is 13.1. The normalized spacial score (nSPS) is 20.2. The molecule has 9 nitrogen and oxygen atoms in total. The standard InChI is InChI=1S/C30H38N4O5S/c1-20-11-12-24-23(15-20)25(31-17-22-19-38-30(5,6)34(22)28(35)39-29(2,3)4)16-27(32-24)33-13-14-40(36,37)26-10-8-7-9-21(26)18-33/h7-12,15-16,22H,13-14,17-19H2,1-6H3,(H,31,32)/t22-/m0/s1. The Morgan fingerprint density at radius 3 is 2.67 bits per heavy atom. The molecule has 3 heterocycles. The van der Waals surface area contributed by atoms with E-state index in [0.717, 1.165) is 27.7 Å². The number of carbonyl (C=O) groups is 1. The van der Waals surface area contributed by atoms with Crippen LogP contribution in [-0.2, 0) is 25.9 Å². The first kappa shape index (κ1) is 28.2. The Hall–Kier alpha value is -3.37. The van der Waals surface area contributed by atoms with E-state index in [4.69, 9.17) is 14.5 Å². The highest BCUT2D eigenvalue weighted by molar-refractivity contribution is 7.91. The monoisotopic (exact) mass is 566 g/mol. The highest BCUT2D eigenvalue weighted by Gasteiger charge is 2.45. The van der Waals surface area contributed by atoms with Crippen LogP contribution >= 0.6 is 0 Å². The first-order valence-electron chi connectivity index (χ1n) is 13.6. The fourth-order valence-electron chi connectivity index (χ4n) is 5.33. The highest BCUT2D eigenvalue weighted by atomic mass is 32.2. The number of hydrogen-bond acceptors (Lipinski definition) is 8. The minimum atomic E-state index is -3.39. The van der Waals surface area contributed by atoms with E-state index in [2.05, 4.69) is 11.4 Å². The second-order valence-corrected chi connectivity index (χ2v) is 14.1. The topological polar surface area (TPSA) is 101 Å². The number of carbonyl (C=O) groups excluding carboxylic acids is 1. The number of anilines is 2. The SMILES string of the molecule is Cc1ccc2nc(N3CCS(=O)(=O)c4ccccc4C3)cc(NC[C@H]3COC(C)(C)N3C(=O)OC(C)(C)C)c2c1. The molecule has 40 heavy (non-hydrogen) atoms. The lowest BCUT2D eigenvalue weighted by molar-refractivity contribution is -0.0620. The zero-order valence-corrected chi connectivity index (χ0v) is 24.8. The summed E-state index contributed by atoms with van der Waals surface area (Å²) in [6.45, 7) is 12.9. The van der Waals surface area contributed by atoms with E-state index in [0.29, 0.717) is 37.0 Å². The second-order valence-electron chi connectivity index (χ2n) is 12.0. The number of aryl methyl sites for hydroxylation is 1. The third-order valence-electron chi connectivity index (χ3n) is 7.27. The van der Waals surface area contributed by atoms with Crippen LogP contribution in [0.1, 0.15) is 45.7 Å². The molecule has 10 heteroatoms. The number of pyridine rings is 1. The van der Waals surface area contributed by atoms with Gasteiger partial charge in [0.15, 0.2) is 9.84 Å². The number of benzene rings is 2. The zero-order valence-electron chi connectivity index (χ0n) is 24.0. The van der Waals surface area contributed by atoms with Crippen molar-refractivity contribution in [2.45, 2.75) is 70.4 Å². The van der Waals surface area contributed by atoms with Gasteiger partial charge in [-0.3, -0.25) is 4.90 Å². The number of nitrogens with zero attached hydrogens (tertiary/aromatic N) is 3. The molecular formula is C30H38N4O5S. The van der Waals surface area contributed by atoms with Crippen LogP contribution in [0.15, 0.2) is 53.4 Å². The van der Waals surface area contributed by atoms with Crippen LogP contribution in [-0.4, -0.2) is 67.2 Å². The van der Waals surface area contributed by atoms with Gasteiger partial charge in [0.2, 0.25) is 0 Å². The molecule has 1 aromatic heterocycles. The number of rotatable bonds is 4. The molecule has 5 rings (SSSR count). The van der Waals surface area contributed by atoms with E-state index >= 15 is 0 Å². The first-order valence-corrected chi connectivity index (χ1v) is 15.3. The number of nitrogens with one attached hydrogen (secondary N) is 1. The molecule has 1 amide bonds. The molecule has 1 fully saturated rings. The molecule has 3 aromatic rings. The molecule has 2 aliphatic heterocycles. The lowest BCUT2D eigenvalue weighted by Gasteiger charge is -2.35. The van der Waals surface area contributed by atoms with Gasteiger partial charge in [0.1, 0.15) is 17.1 Å². The van der Waals surface area contributed by atoms with E-state index in [1.165, 1.54) is 0 Å². The van der Waals surface area contributed by atoms with Crippen molar-refractivity contribution in [3.8, 4) is 0 Å². The van der Waals surface area contributed by atoms with Gasteiger partial charge >= 0.3 is 6.09 Å². The molecule has 0 bridgehead atoms. The summed E-state index contributed by atoms with van der Waals surface area (Å²) in [6, 6.07) is 15.0. The number of fused-ring (bicyclic) bond motifs is 2. The molecule has 0 aliphatic carbocycles. The van der Waals surface area contributed by atoms with Crippen molar-refractivity contribution < 1.29 is 22.7 Å². The van der Waals surface area contributed by atoms with Gasteiger partial charge in [-0.15, -0.1) is 0 Å². The number of sulfone groups is 1. The molecule has 0 spiro atoms. The largest absolute Gasteiger partial charge is 0.444 e. The van der Waals surface area contributed by atoms with Crippen molar-refractivity contribution in [3.05, 3.63) is 59.7 Å². The maximum absolute atomic E-state index is 13.1. The van der Waals surface area contributed by atoms with Gasteiger partial charge in [0.05, 0.1) is 28.8 Å². The Labute approximate surface area is 236 Å². The van der Waals surface area contributed by atoms with Crippen molar-refractivity contribution in [2.75, 3.05) is 35.7 Å². The van der Waals surface area contributed by atoms with Crippen LogP contribution in [0.3, 0.4) is 0 Å². The lowest BCUT2D eigenvalue weighted by atomic mass is 10.1. The van der Waals surface area contributed by atoms with Crippen molar-refractivity contribution >= 4 is 38.3 Å². The summed E-state index contributed by atoms with van der Waals surface area (Å²) >= 11 is 0. The van der Waals surface area contributed by atoms with Crippen molar-refractivity contribution in [1.82, 2.24) is 9.88 Å². The van der Waals surface area contributed by atoms with Crippen molar-refractivity contribution in [2.24, 2.45) is 0 Å². The number of aromatic nitrogens is 1. The third-order valence-corrected chi connectivity index (χ3v) is 9.05. The van der Waals surface area contributed by atoms with Crippen LogP contribution in [0, 0.1) is 6.92 Å². The first-order chi connectivity index (χ1) is 18.7. The van der Waals surface area contributed by atoms with Crippen molar-refractivity contribution in [3.63, 3.8) is 0 Å². The van der Waals surface area contributed by atoms with Gasteiger partial charge in [0.25, 0.3) is 0 Å². The van der Waals surface area contributed by atoms with Crippen LogP contribution in [0.5, 0.6) is 0 Å². The Morgan fingerprint density at radius 1 is 1.18 bits per heavy atom. The van der Waals surface area contributed by atoms with Gasteiger partial charge in [-0.1, -0.05) is 29.8 Å². The Bertz CT molecular complexity index is 1550. The molecule has 0 saturated carbocycles. The average molecular weight is 567 g/mol. The molecule has 0 radical (unpaired) electrons. The number of amides is 1. The van der Waals surface area contributed by atoms with Gasteiger partial charge in [-0.25, -0.2) is 18.2 Å². The van der Waals surface area contributed by atoms with Crippen LogP contribution in [0.2, 0.25) is 0 Å². The summed E-state index contributed by atoms with van der Waals surface area (Å²) in [4.78, 5) is 22.1.